The van der Waals surface area contributed by atoms with Gasteiger partial charge in [-0.2, -0.15) is 0 Å². The molecule has 0 saturated carbocycles. The number of aliphatic imine (C=N–C) groups is 1. The number of methoxy groups -OCH3 is 3. The second-order valence-corrected chi connectivity index (χ2v) is 12.2. The van der Waals surface area contributed by atoms with Crippen LogP contribution in [0.3, 0.4) is 0 Å². The number of carbonyl (C=O) groups is 3. The average Bonchev–Trinajstić information content (AvgIpc) is 3.07. The second kappa shape index (κ2) is 15.8. The summed E-state index contributed by atoms with van der Waals surface area (Å²) in [4.78, 5) is 44.2. The molecule has 0 spiro atoms. The van der Waals surface area contributed by atoms with Gasteiger partial charge in [-0.25, -0.2) is 4.79 Å². The highest BCUT2D eigenvalue weighted by molar-refractivity contribution is 6.14. The zero-order valence-electron chi connectivity index (χ0n) is 28.8. The minimum absolute atomic E-state index is 0.115. The number of hydrogen-bond donors (Lipinski definition) is 3. The molecule has 256 valence electrons. The summed E-state index contributed by atoms with van der Waals surface area (Å²) in [6, 6.07) is 25.9. The van der Waals surface area contributed by atoms with E-state index in [0.717, 1.165) is 24.0 Å². The van der Waals surface area contributed by atoms with E-state index in [2.05, 4.69) is 27.8 Å². The van der Waals surface area contributed by atoms with Crippen molar-refractivity contribution in [3.05, 3.63) is 113 Å². The van der Waals surface area contributed by atoms with Gasteiger partial charge >= 0.3 is 6.09 Å². The number of ether oxygens (including phenoxy) is 3. The van der Waals surface area contributed by atoms with Gasteiger partial charge in [-0.15, -0.1) is 4.99 Å². The Labute approximate surface area is 286 Å². The molecule has 3 N–H and O–H groups in total. The molecule has 0 aromatic heterocycles. The van der Waals surface area contributed by atoms with Crippen LogP contribution in [0.5, 0.6) is 17.2 Å². The lowest BCUT2D eigenvalue weighted by Crippen LogP contribution is -2.53. The number of carboxylic acid groups (broad SMARTS) is 1. The number of benzene rings is 4. The van der Waals surface area contributed by atoms with E-state index in [1.54, 1.807) is 35.2 Å². The number of carbonyl (C=O) groups excluding carboxylic acids is 2. The van der Waals surface area contributed by atoms with Crippen LogP contribution in [0.15, 0.2) is 89.9 Å². The van der Waals surface area contributed by atoms with Crippen LogP contribution in [0.1, 0.15) is 58.2 Å². The van der Waals surface area contributed by atoms with Gasteiger partial charge in [0.15, 0.2) is 11.5 Å². The molecule has 0 heterocycles. The minimum atomic E-state index is -1.51. The molecular formula is C38H42N4O7. The molecule has 0 bridgehead atoms. The first-order valence-electron chi connectivity index (χ1n) is 15.6. The maximum absolute atomic E-state index is 13.6. The lowest BCUT2D eigenvalue weighted by Gasteiger charge is -2.38. The Hall–Kier alpha value is -5.84. The molecule has 4 rings (SSSR count). The van der Waals surface area contributed by atoms with E-state index in [4.69, 9.17) is 14.2 Å². The molecular weight excluding hydrogens is 624 g/mol. The van der Waals surface area contributed by atoms with Gasteiger partial charge in [0.1, 0.15) is 0 Å². The van der Waals surface area contributed by atoms with Gasteiger partial charge in [-0.1, -0.05) is 48.5 Å². The van der Waals surface area contributed by atoms with E-state index in [9.17, 15) is 19.5 Å². The van der Waals surface area contributed by atoms with Crippen LogP contribution < -0.4 is 29.7 Å². The number of aryl methyl sites for hydroxylation is 3. The highest BCUT2D eigenvalue weighted by Crippen LogP contribution is 2.38. The standard InChI is InChI=1S/C38H42N4O7/c1-24-13-20-29(23-30(24)39-34(43)27-18-16-26(17-19-27)15-14-25-11-9-8-10-12-25)42(38(2,3)4)36(41-37(45)46)40-35(44)28-21-31(47-5)33(49-7)32(22-28)48-6/h8-13,16-23H,14-15H2,1-7H3,(H,39,43)(H,45,46)(H,40,41,44). The first-order chi connectivity index (χ1) is 23.3. The molecule has 4 aromatic rings. The van der Waals surface area contributed by atoms with E-state index in [1.165, 1.54) is 39.0 Å². The average molecular weight is 667 g/mol. The molecule has 3 amide bonds. The third-order valence-electron chi connectivity index (χ3n) is 7.73. The van der Waals surface area contributed by atoms with Crippen LogP contribution >= 0.6 is 0 Å². The summed E-state index contributed by atoms with van der Waals surface area (Å²) in [5, 5.41) is 15.4. The molecule has 11 heteroatoms. The topological polar surface area (TPSA) is 139 Å². The Kier molecular flexibility index (Phi) is 11.6. The fourth-order valence-corrected chi connectivity index (χ4v) is 5.27. The van der Waals surface area contributed by atoms with Crippen molar-refractivity contribution in [1.29, 1.82) is 0 Å². The Balaban J connectivity index is 1.60. The smallest absolute Gasteiger partial charge is 0.434 e. The van der Waals surface area contributed by atoms with Gasteiger partial charge in [-0.3, -0.25) is 14.9 Å². The van der Waals surface area contributed by atoms with Crippen LogP contribution in [-0.4, -0.2) is 55.8 Å². The molecule has 0 atom stereocenters. The van der Waals surface area contributed by atoms with Gasteiger partial charge in [0.2, 0.25) is 11.7 Å². The first-order valence-corrected chi connectivity index (χ1v) is 15.6. The van der Waals surface area contributed by atoms with Crippen LogP contribution in [0, 0.1) is 6.92 Å². The van der Waals surface area contributed by atoms with Crippen LogP contribution in [0.25, 0.3) is 0 Å². The maximum atomic E-state index is 13.6. The van der Waals surface area contributed by atoms with Crippen molar-refractivity contribution in [2.45, 2.75) is 46.1 Å². The third-order valence-corrected chi connectivity index (χ3v) is 7.73. The summed E-state index contributed by atoms with van der Waals surface area (Å²) in [5.74, 6) is -0.417. The summed E-state index contributed by atoms with van der Waals surface area (Å²) in [6.07, 6.45) is 0.243. The minimum Gasteiger partial charge on any atom is -0.493 e. The molecule has 0 aliphatic carbocycles. The number of nitrogens with zero attached hydrogens (tertiary/aromatic N) is 2. The monoisotopic (exact) mass is 666 g/mol. The molecule has 0 aliphatic rings. The predicted molar refractivity (Wildman–Crippen MR) is 191 cm³/mol. The Morgan fingerprint density at radius 2 is 1.35 bits per heavy atom. The van der Waals surface area contributed by atoms with Crippen molar-refractivity contribution < 1.29 is 33.7 Å². The van der Waals surface area contributed by atoms with Gasteiger partial charge in [-0.05, 0) is 93.6 Å². The second-order valence-electron chi connectivity index (χ2n) is 12.2. The van der Waals surface area contributed by atoms with Crippen molar-refractivity contribution >= 4 is 35.2 Å². The third kappa shape index (κ3) is 9.16. The lowest BCUT2D eigenvalue weighted by molar-refractivity contribution is 0.0974. The number of rotatable bonds is 10. The fourth-order valence-electron chi connectivity index (χ4n) is 5.27. The number of guanidine groups is 1. The molecule has 0 radical (unpaired) electrons. The zero-order chi connectivity index (χ0) is 35.7. The molecule has 0 unspecified atom stereocenters. The van der Waals surface area contributed by atoms with E-state index in [1.807, 2.05) is 58.0 Å². The number of amides is 3. The van der Waals surface area contributed by atoms with E-state index < -0.39 is 17.5 Å². The summed E-state index contributed by atoms with van der Waals surface area (Å²) in [6.45, 7) is 7.38. The van der Waals surface area contributed by atoms with Crippen LogP contribution in [-0.2, 0) is 12.8 Å². The molecule has 4 aromatic carbocycles. The Morgan fingerprint density at radius 3 is 1.88 bits per heavy atom. The quantitative estimate of drug-likeness (QED) is 0.120. The molecule has 0 aliphatic heterocycles. The van der Waals surface area contributed by atoms with E-state index >= 15 is 0 Å². The van der Waals surface area contributed by atoms with Gasteiger partial charge in [0.25, 0.3) is 11.8 Å². The molecule has 0 saturated heterocycles. The lowest BCUT2D eigenvalue weighted by atomic mass is 10.0. The fraction of sp³-hybridized carbons (Fsp3) is 0.263. The van der Waals surface area contributed by atoms with Crippen molar-refractivity contribution in [1.82, 2.24) is 5.32 Å². The van der Waals surface area contributed by atoms with Crippen LogP contribution in [0.2, 0.25) is 0 Å². The van der Waals surface area contributed by atoms with Gasteiger partial charge in [0.05, 0.1) is 21.3 Å². The van der Waals surface area contributed by atoms with Crippen molar-refractivity contribution in [3.63, 3.8) is 0 Å². The Morgan fingerprint density at radius 1 is 0.755 bits per heavy atom. The summed E-state index contributed by atoms with van der Waals surface area (Å²) < 4.78 is 16.1. The molecule has 11 nitrogen and oxygen atoms in total. The first kappa shape index (κ1) is 36.0. The Bertz CT molecular complexity index is 1810. The largest absolute Gasteiger partial charge is 0.493 e. The van der Waals surface area contributed by atoms with Gasteiger partial charge < -0.3 is 29.5 Å². The summed E-state index contributed by atoms with van der Waals surface area (Å²) in [7, 11) is 4.29. The zero-order valence-corrected chi connectivity index (χ0v) is 28.8. The summed E-state index contributed by atoms with van der Waals surface area (Å²) in [5.41, 5.74) is 3.97. The number of hydrogen-bond acceptors (Lipinski definition) is 6. The summed E-state index contributed by atoms with van der Waals surface area (Å²) >= 11 is 0. The van der Waals surface area contributed by atoms with E-state index in [-0.39, 0.29) is 28.9 Å². The normalized spacial score (nSPS) is 11.4. The van der Waals surface area contributed by atoms with E-state index in [0.29, 0.717) is 22.7 Å². The van der Waals surface area contributed by atoms with Crippen molar-refractivity contribution in [2.24, 2.45) is 4.99 Å². The SMILES string of the molecule is COc1cc(C(=O)NC(=NC(=O)O)N(c2ccc(C)c(NC(=O)c3ccc(CCc4ccccc4)cc3)c2)C(C)(C)C)cc(OC)c1OC. The highest BCUT2D eigenvalue weighted by atomic mass is 16.5. The van der Waals surface area contributed by atoms with Gasteiger partial charge in [0, 0.05) is 28.0 Å². The van der Waals surface area contributed by atoms with Crippen molar-refractivity contribution in [2.75, 3.05) is 31.5 Å². The molecule has 0 fully saturated rings. The number of anilines is 2. The highest BCUT2D eigenvalue weighted by Gasteiger charge is 2.30. The predicted octanol–water partition coefficient (Wildman–Crippen LogP) is 7.13. The van der Waals surface area contributed by atoms with Crippen LogP contribution in [0.4, 0.5) is 16.2 Å². The maximum Gasteiger partial charge on any atom is 0.434 e. The molecule has 49 heavy (non-hydrogen) atoms. The number of nitrogens with one attached hydrogen (secondary N) is 2. The van der Waals surface area contributed by atoms with Crippen molar-refractivity contribution in [3.8, 4) is 17.2 Å².